The Labute approximate surface area is 97.0 Å². The van der Waals surface area contributed by atoms with E-state index in [1.54, 1.807) is 4.90 Å². The number of rotatable bonds is 5. The Morgan fingerprint density at radius 3 is 2.81 bits per heavy atom. The highest BCUT2D eigenvalue weighted by atomic mass is 16.5. The van der Waals surface area contributed by atoms with Crippen LogP contribution in [0.4, 0.5) is 0 Å². The molecule has 0 aromatic carbocycles. The monoisotopic (exact) mass is 230 g/mol. The molecule has 1 aliphatic heterocycles. The van der Waals surface area contributed by atoms with Gasteiger partial charge in [0.05, 0.1) is 6.10 Å². The van der Waals surface area contributed by atoms with E-state index in [-0.39, 0.29) is 18.6 Å². The Morgan fingerprint density at radius 1 is 1.56 bits per heavy atom. The molecule has 0 aliphatic carbocycles. The van der Waals surface area contributed by atoms with Crippen LogP contribution < -0.4 is 0 Å². The molecule has 1 N–H and O–H groups in total. The van der Waals surface area contributed by atoms with Gasteiger partial charge >= 0.3 is 0 Å². The Morgan fingerprint density at radius 2 is 2.25 bits per heavy atom. The van der Waals surface area contributed by atoms with Crippen molar-refractivity contribution in [1.29, 1.82) is 0 Å². The summed E-state index contributed by atoms with van der Waals surface area (Å²) in [5.74, 6) is -0.0229. The van der Waals surface area contributed by atoms with Crippen LogP contribution in [-0.4, -0.2) is 73.4 Å². The number of nitrogens with zero attached hydrogens (tertiary/aromatic N) is 2. The molecule has 0 aromatic rings. The number of amides is 1. The van der Waals surface area contributed by atoms with Gasteiger partial charge in [0.25, 0.3) is 0 Å². The minimum absolute atomic E-state index is 0.0229. The predicted octanol–water partition coefficient (Wildman–Crippen LogP) is -0.454. The van der Waals surface area contributed by atoms with E-state index in [1.165, 1.54) is 0 Å². The number of ether oxygens (including phenoxy) is 1. The van der Waals surface area contributed by atoms with Gasteiger partial charge in [-0.25, -0.2) is 0 Å². The molecule has 0 saturated carbocycles. The number of carbonyl (C=O) groups is 1. The quantitative estimate of drug-likeness (QED) is 0.695. The first-order chi connectivity index (χ1) is 7.54. The first-order valence-corrected chi connectivity index (χ1v) is 5.74. The molecule has 1 heterocycles. The van der Waals surface area contributed by atoms with Gasteiger partial charge in [-0.15, -0.1) is 0 Å². The summed E-state index contributed by atoms with van der Waals surface area (Å²) in [6.07, 6.45) is 0.270. The average molecular weight is 230 g/mol. The van der Waals surface area contributed by atoms with Crippen LogP contribution >= 0.6 is 0 Å². The minimum Gasteiger partial charge on any atom is -0.391 e. The van der Waals surface area contributed by atoms with Gasteiger partial charge in [0.2, 0.25) is 5.91 Å². The van der Waals surface area contributed by atoms with Crippen molar-refractivity contribution in [2.24, 2.45) is 0 Å². The van der Waals surface area contributed by atoms with E-state index in [0.29, 0.717) is 19.6 Å². The summed E-state index contributed by atoms with van der Waals surface area (Å²) in [6.45, 7) is 3.75. The van der Waals surface area contributed by atoms with Crippen LogP contribution in [0.3, 0.4) is 0 Å². The molecule has 2 unspecified atom stereocenters. The zero-order valence-corrected chi connectivity index (χ0v) is 10.3. The van der Waals surface area contributed by atoms with Crippen LogP contribution in [0.5, 0.6) is 0 Å². The Kier molecular flexibility index (Phi) is 5.18. The van der Waals surface area contributed by atoms with Crippen LogP contribution in [0.15, 0.2) is 0 Å². The lowest BCUT2D eigenvalue weighted by Gasteiger charge is -2.26. The molecule has 1 amide bonds. The third kappa shape index (κ3) is 3.73. The van der Waals surface area contributed by atoms with Crippen LogP contribution in [0, 0.1) is 0 Å². The zero-order valence-electron chi connectivity index (χ0n) is 10.3. The summed E-state index contributed by atoms with van der Waals surface area (Å²) in [5, 5.41) is 9.60. The topological polar surface area (TPSA) is 53.0 Å². The molecular weight excluding hydrogens is 208 g/mol. The first kappa shape index (κ1) is 13.4. The fourth-order valence-corrected chi connectivity index (χ4v) is 2.06. The second-order valence-corrected chi connectivity index (χ2v) is 4.49. The lowest BCUT2D eigenvalue weighted by atomic mass is 10.2. The SMILES string of the molecule is CCOCC(=O)N1CC(O)CC1CN(C)C. The average Bonchev–Trinajstić information content (AvgIpc) is 2.55. The van der Waals surface area contributed by atoms with Crippen molar-refractivity contribution in [3.63, 3.8) is 0 Å². The van der Waals surface area contributed by atoms with Gasteiger partial charge in [-0.1, -0.05) is 0 Å². The van der Waals surface area contributed by atoms with Crippen molar-refractivity contribution in [3.8, 4) is 0 Å². The molecule has 94 valence electrons. The van der Waals surface area contributed by atoms with Crippen LogP contribution in [0.2, 0.25) is 0 Å². The molecule has 0 radical (unpaired) electrons. The maximum atomic E-state index is 11.8. The summed E-state index contributed by atoms with van der Waals surface area (Å²) in [5.41, 5.74) is 0. The molecule has 1 rings (SSSR count). The molecular formula is C11H22N2O3. The first-order valence-electron chi connectivity index (χ1n) is 5.74. The largest absolute Gasteiger partial charge is 0.391 e. The van der Waals surface area contributed by atoms with Crippen molar-refractivity contribution < 1.29 is 14.6 Å². The highest BCUT2D eigenvalue weighted by molar-refractivity contribution is 5.78. The number of carbonyl (C=O) groups excluding carboxylic acids is 1. The van der Waals surface area contributed by atoms with Crippen LogP contribution in [0.25, 0.3) is 0 Å². The summed E-state index contributed by atoms with van der Waals surface area (Å²) in [4.78, 5) is 15.6. The molecule has 5 heteroatoms. The van der Waals surface area contributed by atoms with Crippen molar-refractivity contribution in [2.75, 3.05) is 40.4 Å². The third-order valence-corrected chi connectivity index (χ3v) is 2.72. The second-order valence-electron chi connectivity index (χ2n) is 4.49. The fourth-order valence-electron chi connectivity index (χ4n) is 2.06. The van der Waals surface area contributed by atoms with Gasteiger partial charge in [-0.2, -0.15) is 0 Å². The Hall–Kier alpha value is -0.650. The number of hydrogen-bond acceptors (Lipinski definition) is 4. The standard InChI is InChI=1S/C11H22N2O3/c1-4-16-8-11(15)13-7-10(14)5-9(13)6-12(2)3/h9-10,14H,4-8H2,1-3H3. The summed E-state index contributed by atoms with van der Waals surface area (Å²) in [6, 6.07) is 0.109. The number of hydrogen-bond donors (Lipinski definition) is 1. The van der Waals surface area contributed by atoms with E-state index in [1.807, 2.05) is 25.9 Å². The van der Waals surface area contributed by atoms with Crippen LogP contribution in [0.1, 0.15) is 13.3 Å². The van der Waals surface area contributed by atoms with Gasteiger partial charge in [0, 0.05) is 25.7 Å². The number of aliphatic hydroxyl groups is 1. The summed E-state index contributed by atoms with van der Waals surface area (Å²) < 4.78 is 5.11. The number of β-amino-alcohol motifs (C(OH)–C–C–N with tert-alkyl or cyclic N) is 1. The van der Waals surface area contributed by atoms with Gasteiger partial charge < -0.3 is 19.6 Å². The molecule has 2 atom stereocenters. The highest BCUT2D eigenvalue weighted by Gasteiger charge is 2.34. The van der Waals surface area contributed by atoms with Crippen molar-refractivity contribution in [2.45, 2.75) is 25.5 Å². The van der Waals surface area contributed by atoms with E-state index in [4.69, 9.17) is 4.74 Å². The molecule has 16 heavy (non-hydrogen) atoms. The maximum absolute atomic E-state index is 11.8. The van der Waals surface area contributed by atoms with Gasteiger partial charge in [-0.3, -0.25) is 4.79 Å². The Bertz CT molecular complexity index is 233. The molecule has 1 saturated heterocycles. The van der Waals surface area contributed by atoms with E-state index in [0.717, 1.165) is 6.54 Å². The van der Waals surface area contributed by atoms with Crippen molar-refractivity contribution in [1.82, 2.24) is 9.80 Å². The highest BCUT2D eigenvalue weighted by Crippen LogP contribution is 2.18. The predicted molar refractivity (Wildman–Crippen MR) is 61.2 cm³/mol. The van der Waals surface area contributed by atoms with Gasteiger partial charge in [-0.05, 0) is 27.4 Å². The zero-order chi connectivity index (χ0) is 12.1. The summed E-state index contributed by atoms with van der Waals surface area (Å²) >= 11 is 0. The van der Waals surface area contributed by atoms with Crippen LogP contribution in [-0.2, 0) is 9.53 Å². The maximum Gasteiger partial charge on any atom is 0.248 e. The number of likely N-dealkylation sites (tertiary alicyclic amines) is 1. The molecule has 0 bridgehead atoms. The van der Waals surface area contributed by atoms with E-state index in [2.05, 4.69) is 0 Å². The van der Waals surface area contributed by atoms with Gasteiger partial charge in [0.1, 0.15) is 6.61 Å². The molecule has 5 nitrogen and oxygen atoms in total. The molecule has 1 aliphatic rings. The second kappa shape index (κ2) is 6.18. The summed E-state index contributed by atoms with van der Waals surface area (Å²) in [7, 11) is 3.94. The number of likely N-dealkylation sites (N-methyl/N-ethyl adjacent to an activating group) is 1. The van der Waals surface area contributed by atoms with E-state index in [9.17, 15) is 9.90 Å². The third-order valence-electron chi connectivity index (χ3n) is 2.72. The van der Waals surface area contributed by atoms with Gasteiger partial charge in [0.15, 0.2) is 0 Å². The number of aliphatic hydroxyl groups excluding tert-OH is 1. The molecule has 0 spiro atoms. The fraction of sp³-hybridized carbons (Fsp3) is 0.909. The molecule has 1 fully saturated rings. The lowest BCUT2D eigenvalue weighted by molar-refractivity contribution is -0.137. The smallest absolute Gasteiger partial charge is 0.248 e. The minimum atomic E-state index is -0.393. The molecule has 0 aromatic heterocycles. The van der Waals surface area contributed by atoms with E-state index < -0.39 is 6.10 Å². The normalized spacial score (nSPS) is 25.4. The van der Waals surface area contributed by atoms with Crippen molar-refractivity contribution in [3.05, 3.63) is 0 Å². The lowest BCUT2D eigenvalue weighted by Crippen LogP contribution is -2.43. The Balaban J connectivity index is 2.51. The van der Waals surface area contributed by atoms with Crippen molar-refractivity contribution >= 4 is 5.91 Å². The van der Waals surface area contributed by atoms with E-state index >= 15 is 0 Å².